The van der Waals surface area contributed by atoms with Crippen molar-refractivity contribution in [1.82, 2.24) is 14.5 Å². The first-order valence-corrected chi connectivity index (χ1v) is 7.92. The van der Waals surface area contributed by atoms with Gasteiger partial charge in [0.15, 0.2) is 5.82 Å². The summed E-state index contributed by atoms with van der Waals surface area (Å²) in [6.45, 7) is 3.97. The molecule has 2 rings (SSSR count). The van der Waals surface area contributed by atoms with Crippen LogP contribution in [0.3, 0.4) is 0 Å². The van der Waals surface area contributed by atoms with Gasteiger partial charge < -0.3 is 5.73 Å². The zero-order valence-electron chi connectivity index (χ0n) is 11.7. The summed E-state index contributed by atoms with van der Waals surface area (Å²) < 4.78 is 41.7. The number of nitrogens with zero attached hydrogens (tertiary/aromatic N) is 2. The normalized spacial score (nSPS) is 13.3. The minimum absolute atomic E-state index is 0.0595. The van der Waals surface area contributed by atoms with E-state index in [1.165, 1.54) is 29.1 Å². The number of nitrogens with two attached hydrogens (primary N) is 1. The molecule has 1 atom stereocenters. The van der Waals surface area contributed by atoms with Crippen LogP contribution in [-0.2, 0) is 16.6 Å². The maximum Gasteiger partial charge on any atom is 0.246 e. The molecule has 0 saturated heterocycles. The quantitative estimate of drug-likeness (QED) is 0.878. The van der Waals surface area contributed by atoms with Crippen molar-refractivity contribution in [2.45, 2.75) is 31.3 Å². The molecule has 0 radical (unpaired) electrons. The van der Waals surface area contributed by atoms with Crippen LogP contribution in [0.15, 0.2) is 35.4 Å². The van der Waals surface area contributed by atoms with E-state index in [9.17, 15) is 12.8 Å². The lowest BCUT2D eigenvalue weighted by Crippen LogP contribution is -2.27. The van der Waals surface area contributed by atoms with Gasteiger partial charge in [-0.2, -0.15) is 5.10 Å². The molecule has 0 amide bonds. The molecule has 6 nitrogen and oxygen atoms in total. The molecule has 114 valence electrons. The van der Waals surface area contributed by atoms with Gasteiger partial charge >= 0.3 is 0 Å². The summed E-state index contributed by atoms with van der Waals surface area (Å²) in [6.07, 6.45) is 1.37. The van der Waals surface area contributed by atoms with Crippen molar-refractivity contribution in [2.24, 2.45) is 0 Å². The molecule has 0 spiro atoms. The van der Waals surface area contributed by atoms with Gasteiger partial charge in [0.1, 0.15) is 10.7 Å². The fourth-order valence-electron chi connectivity index (χ4n) is 1.93. The van der Waals surface area contributed by atoms with Gasteiger partial charge in [0.05, 0.1) is 0 Å². The Hall–Kier alpha value is -1.93. The average Bonchev–Trinajstić information content (AvgIpc) is 2.80. The fourth-order valence-corrected chi connectivity index (χ4v) is 3.23. The number of aromatic nitrogens is 2. The van der Waals surface area contributed by atoms with Crippen LogP contribution in [0.1, 0.15) is 25.5 Å². The van der Waals surface area contributed by atoms with Crippen molar-refractivity contribution in [3.63, 3.8) is 0 Å². The molecule has 0 aliphatic heterocycles. The molecule has 8 heteroatoms. The van der Waals surface area contributed by atoms with Crippen molar-refractivity contribution in [3.05, 3.63) is 41.8 Å². The third-order valence-electron chi connectivity index (χ3n) is 3.05. The number of aryl methyl sites for hydroxylation is 1. The molecule has 21 heavy (non-hydrogen) atoms. The Morgan fingerprint density at radius 3 is 2.76 bits per heavy atom. The highest BCUT2D eigenvalue weighted by atomic mass is 32.2. The summed E-state index contributed by atoms with van der Waals surface area (Å²) in [6, 6.07) is 5.17. The Bertz CT molecular complexity index is 742. The molecule has 1 unspecified atom stereocenters. The van der Waals surface area contributed by atoms with E-state index in [4.69, 9.17) is 5.73 Å². The molecular formula is C13H17FN4O2S. The van der Waals surface area contributed by atoms with Gasteiger partial charge in [-0.15, -0.1) is 0 Å². The second-order valence-corrected chi connectivity index (χ2v) is 6.31. The van der Waals surface area contributed by atoms with Crippen LogP contribution in [0.2, 0.25) is 0 Å². The molecular weight excluding hydrogens is 295 g/mol. The molecule has 0 aliphatic rings. The summed E-state index contributed by atoms with van der Waals surface area (Å²) >= 11 is 0. The van der Waals surface area contributed by atoms with Crippen molar-refractivity contribution in [1.29, 1.82) is 0 Å². The Balaban J connectivity index is 2.26. The van der Waals surface area contributed by atoms with E-state index in [-0.39, 0.29) is 10.7 Å². The molecule has 0 aliphatic carbocycles. The summed E-state index contributed by atoms with van der Waals surface area (Å²) in [5.41, 5.74) is 6.16. The van der Waals surface area contributed by atoms with E-state index < -0.39 is 21.9 Å². The van der Waals surface area contributed by atoms with Gasteiger partial charge in [0, 0.05) is 18.8 Å². The van der Waals surface area contributed by atoms with Crippen LogP contribution in [-0.4, -0.2) is 18.2 Å². The number of halogens is 1. The maximum atomic E-state index is 13.2. The van der Waals surface area contributed by atoms with E-state index in [2.05, 4.69) is 9.82 Å². The highest BCUT2D eigenvalue weighted by Gasteiger charge is 2.23. The average molecular weight is 312 g/mol. The number of benzene rings is 1. The van der Waals surface area contributed by atoms with Crippen molar-refractivity contribution < 1.29 is 12.8 Å². The summed E-state index contributed by atoms with van der Waals surface area (Å²) in [5.74, 6) is -0.479. The minimum atomic E-state index is -3.82. The number of sulfonamides is 1. The predicted octanol–water partition coefficient (Wildman–Crippen LogP) is 1.66. The lowest BCUT2D eigenvalue weighted by molar-refractivity contribution is 0.564. The standard InChI is InChI=1S/C13H17FN4O2S/c1-3-18-8-12(13(15)16-18)21(19,20)17-9(2)10-5-4-6-11(14)7-10/h4-9,17H,3H2,1-2H3,(H2,15,16). The van der Waals surface area contributed by atoms with Crippen LogP contribution in [0.25, 0.3) is 0 Å². The van der Waals surface area contributed by atoms with Crippen LogP contribution in [0.4, 0.5) is 10.2 Å². The molecule has 2 aromatic rings. The minimum Gasteiger partial charge on any atom is -0.381 e. The van der Waals surface area contributed by atoms with Crippen molar-refractivity contribution in [3.8, 4) is 0 Å². The van der Waals surface area contributed by atoms with Gasteiger partial charge in [-0.05, 0) is 31.5 Å². The third kappa shape index (κ3) is 3.40. The first-order chi connectivity index (χ1) is 9.83. The molecule has 0 fully saturated rings. The SMILES string of the molecule is CCn1cc(S(=O)(=O)NC(C)c2cccc(F)c2)c(N)n1. The second kappa shape index (κ2) is 5.82. The first-order valence-electron chi connectivity index (χ1n) is 6.44. The van der Waals surface area contributed by atoms with Crippen LogP contribution >= 0.6 is 0 Å². The van der Waals surface area contributed by atoms with Gasteiger partial charge in [0.2, 0.25) is 10.0 Å². The predicted molar refractivity (Wildman–Crippen MR) is 77.4 cm³/mol. The van der Waals surface area contributed by atoms with E-state index in [0.29, 0.717) is 12.1 Å². The molecule has 3 N–H and O–H groups in total. The largest absolute Gasteiger partial charge is 0.381 e. The van der Waals surface area contributed by atoms with Gasteiger partial charge in [-0.25, -0.2) is 17.5 Å². The van der Waals surface area contributed by atoms with Crippen LogP contribution in [0.5, 0.6) is 0 Å². The number of nitrogen functional groups attached to an aromatic ring is 1. The fraction of sp³-hybridized carbons (Fsp3) is 0.308. The highest BCUT2D eigenvalue weighted by molar-refractivity contribution is 7.89. The Morgan fingerprint density at radius 2 is 2.19 bits per heavy atom. The topological polar surface area (TPSA) is 90.0 Å². The van der Waals surface area contributed by atoms with Crippen LogP contribution < -0.4 is 10.5 Å². The smallest absolute Gasteiger partial charge is 0.246 e. The van der Waals surface area contributed by atoms with E-state index in [1.54, 1.807) is 13.0 Å². The first kappa shape index (κ1) is 15.5. The summed E-state index contributed by atoms with van der Waals surface area (Å²) in [4.78, 5) is -0.0763. The van der Waals surface area contributed by atoms with Crippen molar-refractivity contribution >= 4 is 15.8 Å². The number of hydrogen-bond acceptors (Lipinski definition) is 4. The lowest BCUT2D eigenvalue weighted by Gasteiger charge is -2.14. The maximum absolute atomic E-state index is 13.2. The summed E-state index contributed by atoms with van der Waals surface area (Å²) in [7, 11) is -3.82. The third-order valence-corrected chi connectivity index (χ3v) is 4.61. The van der Waals surface area contributed by atoms with E-state index in [0.717, 1.165) is 0 Å². The monoisotopic (exact) mass is 312 g/mol. The highest BCUT2D eigenvalue weighted by Crippen LogP contribution is 2.20. The second-order valence-electron chi connectivity index (χ2n) is 4.63. The Kier molecular flexibility index (Phi) is 4.29. The number of hydrogen-bond donors (Lipinski definition) is 2. The van der Waals surface area contributed by atoms with Gasteiger partial charge in [-0.3, -0.25) is 4.68 Å². The van der Waals surface area contributed by atoms with E-state index in [1.807, 2.05) is 6.92 Å². The number of anilines is 1. The molecule has 1 heterocycles. The van der Waals surface area contributed by atoms with Gasteiger partial charge in [0.25, 0.3) is 0 Å². The zero-order chi connectivity index (χ0) is 15.6. The molecule has 1 aromatic carbocycles. The number of rotatable bonds is 5. The van der Waals surface area contributed by atoms with Crippen molar-refractivity contribution in [2.75, 3.05) is 5.73 Å². The Morgan fingerprint density at radius 1 is 1.48 bits per heavy atom. The van der Waals surface area contributed by atoms with Gasteiger partial charge in [-0.1, -0.05) is 12.1 Å². The molecule has 0 saturated carbocycles. The van der Waals surface area contributed by atoms with Crippen LogP contribution in [0, 0.1) is 5.82 Å². The zero-order valence-corrected chi connectivity index (χ0v) is 12.6. The number of nitrogens with one attached hydrogen (secondary N) is 1. The Labute approximate surface area is 122 Å². The van der Waals surface area contributed by atoms with E-state index >= 15 is 0 Å². The lowest BCUT2D eigenvalue weighted by atomic mass is 10.1. The molecule has 1 aromatic heterocycles. The molecule has 0 bridgehead atoms. The summed E-state index contributed by atoms with van der Waals surface area (Å²) in [5, 5.41) is 3.90.